The SMILES string of the molecule is CCOc1ccc(NS(=O)(=O)c2cc(C(=O)Nc3cccc(NC(C)=O)c3)ccc2Cl)cc1. The number of sulfonamides is 1. The Hall–Kier alpha value is -3.56. The minimum Gasteiger partial charge on any atom is -0.494 e. The van der Waals surface area contributed by atoms with Crippen LogP contribution in [-0.2, 0) is 14.8 Å². The third-order valence-electron chi connectivity index (χ3n) is 4.34. The van der Waals surface area contributed by atoms with Crippen LogP contribution in [0.3, 0.4) is 0 Å². The lowest BCUT2D eigenvalue weighted by Gasteiger charge is -2.12. The summed E-state index contributed by atoms with van der Waals surface area (Å²) in [4.78, 5) is 23.7. The highest BCUT2D eigenvalue weighted by Crippen LogP contribution is 2.26. The van der Waals surface area contributed by atoms with E-state index in [0.29, 0.717) is 29.4 Å². The summed E-state index contributed by atoms with van der Waals surface area (Å²) in [5.74, 6) is -0.171. The highest BCUT2D eigenvalue weighted by Gasteiger charge is 2.21. The van der Waals surface area contributed by atoms with Crippen molar-refractivity contribution in [2.24, 2.45) is 0 Å². The molecule has 0 unspecified atom stereocenters. The van der Waals surface area contributed by atoms with Gasteiger partial charge in [-0.3, -0.25) is 14.3 Å². The van der Waals surface area contributed by atoms with Crippen molar-refractivity contribution in [1.29, 1.82) is 0 Å². The molecule has 0 atom stereocenters. The number of carbonyl (C=O) groups excluding carboxylic acids is 2. The number of rotatable bonds is 8. The van der Waals surface area contributed by atoms with Crippen LogP contribution in [-0.4, -0.2) is 26.8 Å². The van der Waals surface area contributed by atoms with Crippen molar-refractivity contribution < 1.29 is 22.7 Å². The lowest BCUT2D eigenvalue weighted by Crippen LogP contribution is -2.16. The van der Waals surface area contributed by atoms with Crippen molar-refractivity contribution in [2.45, 2.75) is 18.7 Å². The zero-order chi connectivity index (χ0) is 24.0. The van der Waals surface area contributed by atoms with E-state index < -0.39 is 15.9 Å². The average Bonchev–Trinajstić information content (AvgIpc) is 2.75. The molecule has 3 aromatic carbocycles. The monoisotopic (exact) mass is 487 g/mol. The van der Waals surface area contributed by atoms with Crippen LogP contribution in [0.1, 0.15) is 24.2 Å². The summed E-state index contributed by atoms with van der Waals surface area (Å²) in [7, 11) is -4.07. The standard InChI is InChI=1S/C23H22ClN3O5S/c1-3-32-20-10-8-17(9-11-20)27-33(30,31)22-13-16(7-12-21(22)24)23(29)26-19-6-4-5-18(14-19)25-15(2)28/h4-14,27H,3H2,1-2H3,(H,25,28)(H,26,29). The maximum Gasteiger partial charge on any atom is 0.263 e. The minimum atomic E-state index is -4.07. The van der Waals surface area contributed by atoms with Gasteiger partial charge in [-0.1, -0.05) is 17.7 Å². The molecule has 0 spiro atoms. The fraction of sp³-hybridized carbons (Fsp3) is 0.130. The molecule has 172 valence electrons. The molecule has 0 bridgehead atoms. The van der Waals surface area contributed by atoms with Gasteiger partial charge in [-0.15, -0.1) is 0 Å². The van der Waals surface area contributed by atoms with Crippen molar-refractivity contribution >= 4 is 50.5 Å². The Morgan fingerprint density at radius 1 is 0.909 bits per heavy atom. The van der Waals surface area contributed by atoms with Crippen molar-refractivity contribution in [3.8, 4) is 5.75 Å². The summed E-state index contributed by atoms with van der Waals surface area (Å²) in [5, 5.41) is 5.27. The molecule has 2 amide bonds. The van der Waals surface area contributed by atoms with Gasteiger partial charge in [0.05, 0.1) is 11.6 Å². The lowest BCUT2D eigenvalue weighted by molar-refractivity contribution is -0.114. The molecule has 8 nitrogen and oxygen atoms in total. The van der Waals surface area contributed by atoms with Gasteiger partial charge in [-0.25, -0.2) is 8.42 Å². The normalized spacial score (nSPS) is 10.9. The number of carbonyl (C=O) groups is 2. The van der Waals surface area contributed by atoms with Gasteiger partial charge in [0.15, 0.2) is 0 Å². The number of anilines is 3. The van der Waals surface area contributed by atoms with E-state index in [0.717, 1.165) is 0 Å². The molecule has 0 saturated carbocycles. The molecule has 0 aliphatic carbocycles. The van der Waals surface area contributed by atoms with E-state index in [9.17, 15) is 18.0 Å². The van der Waals surface area contributed by atoms with Gasteiger partial charge in [0, 0.05) is 29.5 Å². The molecule has 3 aromatic rings. The molecule has 0 aliphatic heterocycles. The summed E-state index contributed by atoms with van der Waals surface area (Å²) in [6, 6.07) is 16.9. The molecule has 0 heterocycles. The van der Waals surface area contributed by atoms with Crippen molar-refractivity contribution in [3.05, 3.63) is 77.3 Å². The first kappa shape index (κ1) is 24.1. The topological polar surface area (TPSA) is 114 Å². The molecule has 10 heteroatoms. The third-order valence-corrected chi connectivity index (χ3v) is 6.20. The van der Waals surface area contributed by atoms with Gasteiger partial charge in [0.1, 0.15) is 10.6 Å². The largest absolute Gasteiger partial charge is 0.494 e. The second-order valence-corrected chi connectivity index (χ2v) is 8.98. The van der Waals surface area contributed by atoms with E-state index in [-0.39, 0.29) is 21.4 Å². The Kier molecular flexibility index (Phi) is 7.57. The van der Waals surface area contributed by atoms with E-state index in [1.54, 1.807) is 48.5 Å². The molecule has 33 heavy (non-hydrogen) atoms. The first-order chi connectivity index (χ1) is 15.7. The number of nitrogens with one attached hydrogen (secondary N) is 3. The number of halogens is 1. The molecular weight excluding hydrogens is 466 g/mol. The maximum absolute atomic E-state index is 12.9. The summed E-state index contributed by atoms with van der Waals surface area (Å²) < 4.78 is 33.6. The smallest absolute Gasteiger partial charge is 0.263 e. The van der Waals surface area contributed by atoms with Gasteiger partial charge in [-0.05, 0) is 67.6 Å². The predicted octanol–water partition coefficient (Wildman–Crippen LogP) is 4.75. The highest BCUT2D eigenvalue weighted by molar-refractivity contribution is 7.92. The Labute approximate surface area is 197 Å². The second-order valence-electron chi connectivity index (χ2n) is 6.92. The summed E-state index contributed by atoms with van der Waals surface area (Å²) in [6.07, 6.45) is 0. The van der Waals surface area contributed by atoms with Crippen LogP contribution in [0, 0.1) is 0 Å². The van der Waals surface area contributed by atoms with Gasteiger partial charge in [0.25, 0.3) is 15.9 Å². The zero-order valence-electron chi connectivity index (χ0n) is 17.9. The molecular formula is C23H22ClN3O5S. The Morgan fingerprint density at radius 3 is 2.21 bits per heavy atom. The second kappa shape index (κ2) is 10.4. The maximum atomic E-state index is 12.9. The van der Waals surface area contributed by atoms with E-state index >= 15 is 0 Å². The van der Waals surface area contributed by atoms with E-state index in [1.165, 1.54) is 25.1 Å². The van der Waals surface area contributed by atoms with Crippen LogP contribution in [0.25, 0.3) is 0 Å². The molecule has 3 rings (SSSR count). The Bertz CT molecular complexity index is 1280. The fourth-order valence-electron chi connectivity index (χ4n) is 2.93. The Morgan fingerprint density at radius 2 is 1.58 bits per heavy atom. The van der Waals surface area contributed by atoms with Crippen LogP contribution in [0.5, 0.6) is 5.75 Å². The van der Waals surface area contributed by atoms with Crippen LogP contribution in [0.4, 0.5) is 17.1 Å². The minimum absolute atomic E-state index is 0.0300. The van der Waals surface area contributed by atoms with Crippen molar-refractivity contribution in [3.63, 3.8) is 0 Å². The number of ether oxygens (including phenoxy) is 1. The van der Waals surface area contributed by atoms with Crippen LogP contribution >= 0.6 is 11.6 Å². The van der Waals surface area contributed by atoms with Gasteiger partial charge >= 0.3 is 0 Å². The first-order valence-corrected chi connectivity index (χ1v) is 11.8. The van der Waals surface area contributed by atoms with Crippen LogP contribution in [0.2, 0.25) is 5.02 Å². The fourth-order valence-corrected chi connectivity index (χ4v) is 4.51. The highest BCUT2D eigenvalue weighted by atomic mass is 35.5. The number of hydrogen-bond donors (Lipinski definition) is 3. The summed E-state index contributed by atoms with van der Waals surface area (Å²) in [5.41, 5.74) is 1.35. The average molecular weight is 488 g/mol. The van der Waals surface area contributed by atoms with Gasteiger partial charge in [0.2, 0.25) is 5.91 Å². The molecule has 0 fully saturated rings. The van der Waals surface area contributed by atoms with Gasteiger partial charge in [-0.2, -0.15) is 0 Å². The van der Waals surface area contributed by atoms with E-state index in [2.05, 4.69) is 15.4 Å². The third kappa shape index (κ3) is 6.47. The van der Waals surface area contributed by atoms with Gasteiger partial charge < -0.3 is 15.4 Å². The first-order valence-electron chi connectivity index (χ1n) is 9.92. The molecule has 3 N–H and O–H groups in total. The van der Waals surface area contributed by atoms with Crippen LogP contribution in [0.15, 0.2) is 71.6 Å². The molecule has 0 radical (unpaired) electrons. The lowest BCUT2D eigenvalue weighted by atomic mass is 10.2. The van der Waals surface area contributed by atoms with E-state index in [4.69, 9.17) is 16.3 Å². The van der Waals surface area contributed by atoms with Crippen molar-refractivity contribution in [1.82, 2.24) is 0 Å². The number of benzene rings is 3. The number of amides is 2. The van der Waals surface area contributed by atoms with Crippen molar-refractivity contribution in [2.75, 3.05) is 22.0 Å². The number of hydrogen-bond acceptors (Lipinski definition) is 5. The predicted molar refractivity (Wildman–Crippen MR) is 129 cm³/mol. The van der Waals surface area contributed by atoms with Crippen LogP contribution < -0.4 is 20.1 Å². The summed E-state index contributed by atoms with van der Waals surface area (Å²) >= 11 is 6.14. The zero-order valence-corrected chi connectivity index (χ0v) is 19.5. The molecule has 0 aliphatic rings. The van der Waals surface area contributed by atoms with E-state index in [1.807, 2.05) is 6.92 Å². The Balaban J connectivity index is 1.80. The summed E-state index contributed by atoms with van der Waals surface area (Å²) in [6.45, 7) is 3.72. The molecule has 0 aromatic heterocycles. The molecule has 0 saturated heterocycles. The quantitative estimate of drug-likeness (QED) is 0.424.